The second-order valence-electron chi connectivity index (χ2n) is 7.56. The van der Waals surface area contributed by atoms with Crippen LogP contribution in [0, 0.1) is 0 Å². The number of benzodiazepines with no additional fused rings is 1. The van der Waals surface area contributed by atoms with Crippen LogP contribution in [0.2, 0.25) is 10.0 Å². The molecule has 1 fully saturated rings. The first-order valence-corrected chi connectivity index (χ1v) is 10.7. The summed E-state index contributed by atoms with van der Waals surface area (Å²) in [6.45, 7) is 3.39. The fraction of sp³-hybridized carbons (Fsp3) is 0.318. The number of amides is 1. The van der Waals surface area contributed by atoms with Crippen LogP contribution in [-0.4, -0.2) is 73.4 Å². The molecule has 0 aromatic heterocycles. The van der Waals surface area contributed by atoms with E-state index in [0.717, 1.165) is 26.2 Å². The Bertz CT molecular complexity index is 1040. The zero-order valence-electron chi connectivity index (χ0n) is 17.0. The Labute approximate surface area is 190 Å². The van der Waals surface area contributed by atoms with Crippen LogP contribution < -0.4 is 5.32 Å². The fourth-order valence-corrected chi connectivity index (χ4v) is 3.96. The SMILES string of the molecule is CN1CCN(CC(=O)OC2N=C(c3ccccc3Cl)c3cc(Cl)ccc3NC2=O)CC1. The number of likely N-dealkylation sites (N-methyl/N-ethyl adjacent to an activating group) is 1. The first-order chi connectivity index (χ1) is 14.9. The molecule has 162 valence electrons. The molecule has 1 amide bonds. The molecule has 2 aliphatic heterocycles. The highest BCUT2D eigenvalue weighted by molar-refractivity contribution is 6.37. The van der Waals surface area contributed by atoms with Gasteiger partial charge in [0.05, 0.1) is 17.9 Å². The highest BCUT2D eigenvalue weighted by Gasteiger charge is 2.30. The topological polar surface area (TPSA) is 74.2 Å². The average Bonchev–Trinajstić information content (AvgIpc) is 2.87. The maximum absolute atomic E-state index is 12.8. The van der Waals surface area contributed by atoms with Gasteiger partial charge in [0.2, 0.25) is 0 Å². The van der Waals surface area contributed by atoms with E-state index in [1.54, 1.807) is 36.4 Å². The molecule has 4 rings (SSSR count). The van der Waals surface area contributed by atoms with Gasteiger partial charge in [0.1, 0.15) is 0 Å². The Morgan fingerprint density at radius 3 is 2.61 bits per heavy atom. The summed E-state index contributed by atoms with van der Waals surface area (Å²) in [5.74, 6) is -1.03. The molecule has 7 nitrogen and oxygen atoms in total. The van der Waals surface area contributed by atoms with Crippen molar-refractivity contribution in [2.45, 2.75) is 6.23 Å². The number of piperazine rings is 1. The van der Waals surface area contributed by atoms with Crippen LogP contribution in [-0.2, 0) is 14.3 Å². The van der Waals surface area contributed by atoms with Gasteiger partial charge >= 0.3 is 5.97 Å². The van der Waals surface area contributed by atoms with E-state index >= 15 is 0 Å². The van der Waals surface area contributed by atoms with E-state index in [9.17, 15) is 9.59 Å². The quantitative estimate of drug-likeness (QED) is 0.709. The summed E-state index contributed by atoms with van der Waals surface area (Å²) in [6.07, 6.45) is -1.34. The minimum absolute atomic E-state index is 0.105. The first-order valence-electron chi connectivity index (χ1n) is 9.94. The van der Waals surface area contributed by atoms with Crippen LogP contribution in [0.5, 0.6) is 0 Å². The highest BCUT2D eigenvalue weighted by Crippen LogP contribution is 2.30. The molecule has 0 bridgehead atoms. The molecule has 2 aliphatic rings. The van der Waals surface area contributed by atoms with Crippen LogP contribution in [0.1, 0.15) is 11.1 Å². The van der Waals surface area contributed by atoms with Crippen molar-refractivity contribution in [2.75, 3.05) is 45.1 Å². The summed E-state index contributed by atoms with van der Waals surface area (Å²) in [7, 11) is 2.04. The predicted octanol–water partition coefficient (Wildman–Crippen LogP) is 2.90. The number of esters is 1. The number of carbonyl (C=O) groups excluding carboxylic acids is 2. The number of fused-ring (bicyclic) bond motifs is 1. The number of carbonyl (C=O) groups is 2. The number of aliphatic imine (C=N–C) groups is 1. The number of nitrogens with zero attached hydrogens (tertiary/aromatic N) is 3. The summed E-state index contributed by atoms with van der Waals surface area (Å²) in [4.78, 5) is 34.1. The smallest absolute Gasteiger partial charge is 0.322 e. The van der Waals surface area contributed by atoms with Crippen molar-refractivity contribution in [3.63, 3.8) is 0 Å². The minimum atomic E-state index is -1.34. The zero-order chi connectivity index (χ0) is 22.0. The number of anilines is 1. The Morgan fingerprint density at radius 1 is 1.13 bits per heavy atom. The van der Waals surface area contributed by atoms with E-state index in [1.807, 2.05) is 18.0 Å². The third-order valence-corrected chi connectivity index (χ3v) is 5.85. The summed E-state index contributed by atoms with van der Waals surface area (Å²) < 4.78 is 5.50. The molecule has 2 heterocycles. The van der Waals surface area contributed by atoms with Crippen LogP contribution in [0.15, 0.2) is 47.5 Å². The molecule has 1 unspecified atom stereocenters. The molecular formula is C22H22Cl2N4O3. The van der Waals surface area contributed by atoms with Crippen LogP contribution in [0.25, 0.3) is 0 Å². The predicted molar refractivity (Wildman–Crippen MR) is 121 cm³/mol. The first kappa shape index (κ1) is 21.8. The van der Waals surface area contributed by atoms with Crippen LogP contribution in [0.3, 0.4) is 0 Å². The molecule has 0 saturated carbocycles. The summed E-state index contributed by atoms with van der Waals surface area (Å²) in [5.41, 5.74) is 2.17. The van der Waals surface area contributed by atoms with Crippen molar-refractivity contribution in [1.82, 2.24) is 9.80 Å². The van der Waals surface area contributed by atoms with Crippen molar-refractivity contribution in [2.24, 2.45) is 4.99 Å². The number of hydrogen-bond donors (Lipinski definition) is 1. The van der Waals surface area contributed by atoms with Gasteiger partial charge in [-0.15, -0.1) is 0 Å². The van der Waals surface area contributed by atoms with E-state index in [4.69, 9.17) is 27.9 Å². The van der Waals surface area contributed by atoms with Gasteiger partial charge < -0.3 is 15.0 Å². The van der Waals surface area contributed by atoms with Gasteiger partial charge in [-0.3, -0.25) is 14.5 Å². The number of rotatable bonds is 4. The number of nitrogens with one attached hydrogen (secondary N) is 1. The number of benzene rings is 2. The molecule has 0 spiro atoms. The number of hydrogen-bond acceptors (Lipinski definition) is 6. The van der Waals surface area contributed by atoms with Crippen molar-refractivity contribution < 1.29 is 14.3 Å². The number of halogens is 2. The average molecular weight is 461 g/mol. The van der Waals surface area contributed by atoms with Crippen LogP contribution >= 0.6 is 23.2 Å². The standard InChI is InChI=1S/C22H22Cl2N4O3/c1-27-8-10-28(11-9-27)13-19(29)31-22-21(30)25-18-7-6-14(23)12-16(18)20(26-22)15-4-2-3-5-17(15)24/h2-7,12,22H,8-11,13H2,1H3,(H,25,30). The maximum Gasteiger partial charge on any atom is 0.322 e. The molecule has 9 heteroatoms. The molecule has 2 aromatic carbocycles. The second-order valence-corrected chi connectivity index (χ2v) is 8.40. The van der Waals surface area contributed by atoms with Crippen molar-refractivity contribution in [3.8, 4) is 0 Å². The Kier molecular flexibility index (Phi) is 6.57. The van der Waals surface area contributed by atoms with Gasteiger partial charge in [-0.1, -0.05) is 41.4 Å². The number of ether oxygens (including phenoxy) is 1. The third-order valence-electron chi connectivity index (χ3n) is 5.29. The summed E-state index contributed by atoms with van der Waals surface area (Å²) >= 11 is 12.6. The van der Waals surface area contributed by atoms with E-state index in [1.165, 1.54) is 0 Å². The van der Waals surface area contributed by atoms with Crippen molar-refractivity contribution in [3.05, 3.63) is 63.6 Å². The summed E-state index contributed by atoms with van der Waals surface area (Å²) in [5, 5.41) is 3.73. The normalized spacial score (nSPS) is 19.8. The monoisotopic (exact) mass is 460 g/mol. The Balaban J connectivity index is 1.63. The van der Waals surface area contributed by atoms with Gasteiger partial charge in [-0.2, -0.15) is 0 Å². The van der Waals surface area contributed by atoms with E-state index < -0.39 is 18.1 Å². The molecule has 2 aromatic rings. The van der Waals surface area contributed by atoms with Gasteiger partial charge in [0.25, 0.3) is 12.1 Å². The van der Waals surface area contributed by atoms with E-state index in [0.29, 0.717) is 32.6 Å². The van der Waals surface area contributed by atoms with Gasteiger partial charge in [-0.05, 0) is 31.3 Å². The molecular weight excluding hydrogens is 439 g/mol. The molecule has 1 saturated heterocycles. The lowest BCUT2D eigenvalue weighted by atomic mass is 10.0. The third kappa shape index (κ3) is 5.07. The molecule has 0 radical (unpaired) electrons. The molecule has 1 atom stereocenters. The molecule has 0 aliphatic carbocycles. The summed E-state index contributed by atoms with van der Waals surface area (Å²) in [6, 6.07) is 12.2. The lowest BCUT2D eigenvalue weighted by molar-refractivity contribution is -0.155. The zero-order valence-corrected chi connectivity index (χ0v) is 18.5. The molecule has 1 N–H and O–H groups in total. The fourth-order valence-electron chi connectivity index (χ4n) is 3.56. The van der Waals surface area contributed by atoms with Gasteiger partial charge in [0, 0.05) is 47.4 Å². The van der Waals surface area contributed by atoms with Crippen molar-refractivity contribution in [1.29, 1.82) is 0 Å². The Morgan fingerprint density at radius 2 is 1.87 bits per heavy atom. The van der Waals surface area contributed by atoms with E-state index in [2.05, 4.69) is 15.2 Å². The lowest BCUT2D eigenvalue weighted by Gasteiger charge is -2.31. The Hall–Kier alpha value is -2.45. The highest BCUT2D eigenvalue weighted by atomic mass is 35.5. The van der Waals surface area contributed by atoms with Crippen molar-refractivity contribution >= 4 is 46.5 Å². The van der Waals surface area contributed by atoms with E-state index in [-0.39, 0.29) is 6.54 Å². The van der Waals surface area contributed by atoms with Crippen LogP contribution in [0.4, 0.5) is 5.69 Å². The minimum Gasteiger partial charge on any atom is -0.429 e. The van der Waals surface area contributed by atoms with Gasteiger partial charge in [0.15, 0.2) is 0 Å². The molecule has 31 heavy (non-hydrogen) atoms. The lowest BCUT2D eigenvalue weighted by Crippen LogP contribution is -2.47. The second kappa shape index (κ2) is 9.36. The maximum atomic E-state index is 12.8. The largest absolute Gasteiger partial charge is 0.429 e. The van der Waals surface area contributed by atoms with Gasteiger partial charge in [-0.25, -0.2) is 4.99 Å².